The highest BCUT2D eigenvalue weighted by molar-refractivity contribution is 9.10. The molecule has 0 fully saturated rings. The van der Waals surface area contributed by atoms with Gasteiger partial charge in [-0.2, -0.15) is 15.0 Å². The van der Waals surface area contributed by atoms with Gasteiger partial charge in [0.25, 0.3) is 0 Å². The predicted molar refractivity (Wildman–Crippen MR) is 77.0 cm³/mol. The smallest absolute Gasteiger partial charge is 0.230 e. The Morgan fingerprint density at radius 2 is 2.05 bits per heavy atom. The van der Waals surface area contributed by atoms with Crippen LogP contribution in [-0.4, -0.2) is 29.0 Å². The average molecular weight is 324 g/mol. The van der Waals surface area contributed by atoms with Gasteiger partial charge in [0.15, 0.2) is 5.82 Å². The molecule has 2 N–H and O–H groups in total. The zero-order valence-corrected chi connectivity index (χ0v) is 12.3. The number of nitrogens with two attached hydrogens (primary N) is 1. The van der Waals surface area contributed by atoms with E-state index in [0.717, 1.165) is 10.2 Å². The summed E-state index contributed by atoms with van der Waals surface area (Å²) in [5.41, 5.74) is 5.64. The standard InChI is InChI=1S/C12H14BrN5O/c1-18(2)12-16-10(15-11(14)17-12)7-19-9-5-3-4-8(13)6-9/h3-6H,7H2,1-2H3,(H2,14,15,16,17). The summed E-state index contributed by atoms with van der Waals surface area (Å²) >= 11 is 3.38. The summed E-state index contributed by atoms with van der Waals surface area (Å²) in [6.07, 6.45) is 0. The first-order valence-corrected chi connectivity index (χ1v) is 6.40. The average Bonchev–Trinajstić information content (AvgIpc) is 2.36. The minimum absolute atomic E-state index is 0.187. The van der Waals surface area contributed by atoms with Crippen LogP contribution in [0.1, 0.15) is 5.82 Å². The normalized spacial score (nSPS) is 10.3. The van der Waals surface area contributed by atoms with E-state index in [9.17, 15) is 0 Å². The number of hydrogen-bond acceptors (Lipinski definition) is 6. The maximum Gasteiger partial charge on any atom is 0.230 e. The summed E-state index contributed by atoms with van der Waals surface area (Å²) < 4.78 is 6.56. The second-order valence-electron chi connectivity index (χ2n) is 4.05. The second-order valence-corrected chi connectivity index (χ2v) is 4.97. The summed E-state index contributed by atoms with van der Waals surface area (Å²) in [6.45, 7) is 0.240. The van der Waals surface area contributed by atoms with Crippen molar-refractivity contribution in [1.29, 1.82) is 0 Å². The zero-order valence-electron chi connectivity index (χ0n) is 10.7. The molecule has 0 unspecified atom stereocenters. The molecule has 0 amide bonds. The Morgan fingerprint density at radius 3 is 2.74 bits per heavy atom. The number of ether oxygens (including phenoxy) is 1. The van der Waals surface area contributed by atoms with E-state index in [4.69, 9.17) is 10.5 Å². The molecule has 1 heterocycles. The van der Waals surface area contributed by atoms with Gasteiger partial charge in [-0.05, 0) is 18.2 Å². The first-order chi connectivity index (χ1) is 9.04. The molecular weight excluding hydrogens is 310 g/mol. The van der Waals surface area contributed by atoms with E-state index in [-0.39, 0.29) is 12.6 Å². The Balaban J connectivity index is 2.11. The molecular formula is C12H14BrN5O. The van der Waals surface area contributed by atoms with Crippen molar-refractivity contribution >= 4 is 27.8 Å². The van der Waals surface area contributed by atoms with E-state index in [0.29, 0.717) is 11.8 Å². The van der Waals surface area contributed by atoms with Gasteiger partial charge in [0, 0.05) is 18.6 Å². The molecule has 0 saturated carbocycles. The highest BCUT2D eigenvalue weighted by Crippen LogP contribution is 2.18. The quantitative estimate of drug-likeness (QED) is 0.925. The summed E-state index contributed by atoms with van der Waals surface area (Å²) in [4.78, 5) is 14.1. The molecule has 100 valence electrons. The molecule has 1 aromatic carbocycles. The van der Waals surface area contributed by atoms with Crippen molar-refractivity contribution in [3.8, 4) is 5.75 Å². The number of nitrogen functional groups attached to an aromatic ring is 1. The molecule has 2 rings (SSSR count). The largest absolute Gasteiger partial charge is 0.486 e. The number of nitrogens with zero attached hydrogens (tertiary/aromatic N) is 4. The molecule has 7 heteroatoms. The Kier molecular flexibility index (Phi) is 4.16. The minimum atomic E-state index is 0.187. The predicted octanol–water partition coefficient (Wildman–Crippen LogP) is 1.86. The van der Waals surface area contributed by atoms with E-state index in [1.54, 1.807) is 4.90 Å². The van der Waals surface area contributed by atoms with Gasteiger partial charge in [0.2, 0.25) is 11.9 Å². The van der Waals surface area contributed by atoms with Crippen LogP contribution in [0.15, 0.2) is 28.7 Å². The number of anilines is 2. The number of benzene rings is 1. The van der Waals surface area contributed by atoms with Crippen LogP contribution in [0, 0.1) is 0 Å². The van der Waals surface area contributed by atoms with Crippen molar-refractivity contribution in [1.82, 2.24) is 15.0 Å². The van der Waals surface area contributed by atoms with Gasteiger partial charge >= 0.3 is 0 Å². The van der Waals surface area contributed by atoms with Crippen LogP contribution in [0.4, 0.5) is 11.9 Å². The molecule has 0 aliphatic carbocycles. The molecule has 0 saturated heterocycles. The maximum atomic E-state index is 5.64. The molecule has 0 atom stereocenters. The lowest BCUT2D eigenvalue weighted by Crippen LogP contribution is -2.16. The fraction of sp³-hybridized carbons (Fsp3) is 0.250. The molecule has 0 aliphatic heterocycles. The lowest BCUT2D eigenvalue weighted by molar-refractivity contribution is 0.295. The lowest BCUT2D eigenvalue weighted by atomic mass is 10.3. The van der Waals surface area contributed by atoms with Gasteiger partial charge < -0.3 is 15.4 Å². The van der Waals surface area contributed by atoms with Crippen molar-refractivity contribution in [2.45, 2.75) is 6.61 Å². The Bertz CT molecular complexity index is 576. The van der Waals surface area contributed by atoms with Gasteiger partial charge in [-0.3, -0.25) is 0 Å². The molecule has 0 bridgehead atoms. The van der Waals surface area contributed by atoms with Crippen LogP contribution in [-0.2, 0) is 6.61 Å². The zero-order chi connectivity index (χ0) is 13.8. The molecule has 0 radical (unpaired) electrons. The SMILES string of the molecule is CN(C)c1nc(N)nc(COc2cccc(Br)c2)n1. The van der Waals surface area contributed by atoms with Crippen molar-refractivity contribution in [2.75, 3.05) is 24.7 Å². The van der Waals surface area contributed by atoms with Crippen LogP contribution < -0.4 is 15.4 Å². The van der Waals surface area contributed by atoms with Crippen molar-refractivity contribution < 1.29 is 4.74 Å². The van der Waals surface area contributed by atoms with E-state index in [1.807, 2.05) is 38.4 Å². The summed E-state index contributed by atoms with van der Waals surface area (Å²) in [6, 6.07) is 7.56. The van der Waals surface area contributed by atoms with Crippen molar-refractivity contribution in [3.63, 3.8) is 0 Å². The van der Waals surface area contributed by atoms with Gasteiger partial charge in [-0.15, -0.1) is 0 Å². The third kappa shape index (κ3) is 3.78. The number of hydrogen-bond donors (Lipinski definition) is 1. The van der Waals surface area contributed by atoms with Crippen LogP contribution in [0.2, 0.25) is 0 Å². The number of rotatable bonds is 4. The monoisotopic (exact) mass is 323 g/mol. The number of aromatic nitrogens is 3. The van der Waals surface area contributed by atoms with E-state index in [2.05, 4.69) is 30.9 Å². The van der Waals surface area contributed by atoms with Crippen molar-refractivity contribution in [3.05, 3.63) is 34.6 Å². The second kappa shape index (κ2) is 5.83. The van der Waals surface area contributed by atoms with Gasteiger partial charge in [0.1, 0.15) is 12.4 Å². The van der Waals surface area contributed by atoms with E-state index < -0.39 is 0 Å². The van der Waals surface area contributed by atoms with Crippen molar-refractivity contribution in [2.24, 2.45) is 0 Å². The molecule has 0 spiro atoms. The Hall–Kier alpha value is -1.89. The number of halogens is 1. The third-order valence-corrected chi connectivity index (χ3v) is 2.74. The topological polar surface area (TPSA) is 77.2 Å². The van der Waals surface area contributed by atoms with Gasteiger partial charge in [-0.1, -0.05) is 22.0 Å². The summed E-state index contributed by atoms with van der Waals surface area (Å²) in [7, 11) is 3.68. The molecule has 0 aliphatic rings. The van der Waals surface area contributed by atoms with Crippen LogP contribution in [0.3, 0.4) is 0 Å². The Morgan fingerprint density at radius 1 is 1.26 bits per heavy atom. The van der Waals surface area contributed by atoms with Crippen LogP contribution in [0.5, 0.6) is 5.75 Å². The summed E-state index contributed by atoms with van der Waals surface area (Å²) in [5.74, 6) is 1.93. The third-order valence-electron chi connectivity index (χ3n) is 2.25. The minimum Gasteiger partial charge on any atom is -0.486 e. The molecule has 19 heavy (non-hydrogen) atoms. The van der Waals surface area contributed by atoms with Gasteiger partial charge in [0.05, 0.1) is 0 Å². The van der Waals surface area contributed by atoms with Crippen LogP contribution in [0.25, 0.3) is 0 Å². The lowest BCUT2D eigenvalue weighted by Gasteiger charge is -2.11. The first kappa shape index (κ1) is 13.5. The molecule has 1 aromatic heterocycles. The highest BCUT2D eigenvalue weighted by atomic mass is 79.9. The fourth-order valence-electron chi connectivity index (χ4n) is 1.39. The maximum absolute atomic E-state index is 5.64. The fourth-order valence-corrected chi connectivity index (χ4v) is 1.77. The van der Waals surface area contributed by atoms with E-state index in [1.165, 1.54) is 0 Å². The highest BCUT2D eigenvalue weighted by Gasteiger charge is 2.07. The molecule has 6 nitrogen and oxygen atoms in total. The van der Waals surface area contributed by atoms with E-state index >= 15 is 0 Å². The summed E-state index contributed by atoms with van der Waals surface area (Å²) in [5, 5.41) is 0. The first-order valence-electron chi connectivity index (χ1n) is 5.61. The Labute approximate surface area is 119 Å². The molecule has 2 aromatic rings. The van der Waals surface area contributed by atoms with Crippen LogP contribution >= 0.6 is 15.9 Å². The van der Waals surface area contributed by atoms with Gasteiger partial charge in [-0.25, -0.2) is 0 Å².